The van der Waals surface area contributed by atoms with Gasteiger partial charge in [-0.1, -0.05) is 48.2 Å². The Bertz CT molecular complexity index is 1640. The second-order valence-corrected chi connectivity index (χ2v) is 9.05. The number of fused-ring (bicyclic) bond motifs is 3. The van der Waals surface area contributed by atoms with Crippen molar-refractivity contribution in [3.63, 3.8) is 0 Å². The molecule has 9 heteroatoms. The summed E-state index contributed by atoms with van der Waals surface area (Å²) in [5, 5.41) is 12.7. The molecule has 0 atom stereocenters. The Balaban J connectivity index is 1.54. The first-order valence-electron chi connectivity index (χ1n) is 11.0. The van der Waals surface area contributed by atoms with Gasteiger partial charge in [-0.3, -0.25) is 14.0 Å². The molecule has 0 saturated heterocycles. The predicted octanol–water partition coefficient (Wildman–Crippen LogP) is 4.39. The highest BCUT2D eigenvalue weighted by Crippen LogP contribution is 2.27. The number of methoxy groups -OCH3 is 1. The number of aryl methyl sites for hydroxylation is 2. The molecule has 8 nitrogen and oxygen atoms in total. The highest BCUT2D eigenvalue weighted by molar-refractivity contribution is 7.99. The van der Waals surface area contributed by atoms with E-state index in [1.165, 1.54) is 11.8 Å². The summed E-state index contributed by atoms with van der Waals surface area (Å²) in [6.07, 6.45) is 0. The number of nitrogens with zero attached hydrogens (tertiary/aromatic N) is 4. The number of benzene rings is 3. The first-order chi connectivity index (χ1) is 17.0. The normalized spacial score (nSPS) is 11.2. The maximum atomic E-state index is 13.5. The first-order valence-corrected chi connectivity index (χ1v) is 12.0. The number of aromatic nitrogens is 4. The third kappa shape index (κ3) is 4.15. The van der Waals surface area contributed by atoms with Gasteiger partial charge < -0.3 is 10.1 Å². The molecule has 0 aliphatic heterocycles. The molecule has 0 bridgehead atoms. The Labute approximate surface area is 205 Å². The molecule has 35 heavy (non-hydrogen) atoms. The summed E-state index contributed by atoms with van der Waals surface area (Å²) in [6.45, 7) is 3.90. The Morgan fingerprint density at radius 3 is 2.60 bits per heavy atom. The van der Waals surface area contributed by atoms with E-state index >= 15 is 0 Å². The van der Waals surface area contributed by atoms with Crippen LogP contribution in [0.5, 0.6) is 5.75 Å². The van der Waals surface area contributed by atoms with Gasteiger partial charge in [-0.05, 0) is 55.3 Å². The molecule has 0 saturated carbocycles. The van der Waals surface area contributed by atoms with Crippen LogP contribution in [0.2, 0.25) is 0 Å². The van der Waals surface area contributed by atoms with Gasteiger partial charge in [-0.2, -0.15) is 0 Å². The number of thioether (sulfide) groups is 1. The van der Waals surface area contributed by atoms with Crippen LogP contribution in [0.4, 0.5) is 5.69 Å². The number of ether oxygens (including phenoxy) is 1. The standard InChI is InChI=1S/C26H23N5O3S/c1-16-12-13-22(34-3)19(14-16)27-23(32)15-35-26-29-28-25-30(20-10-6-4-8-17(20)2)24(33)18-9-5-7-11-21(18)31(25)26/h4-14H,15H2,1-3H3,(H,27,32). The number of hydrogen-bond acceptors (Lipinski definition) is 6. The lowest BCUT2D eigenvalue weighted by molar-refractivity contribution is -0.113. The molecule has 2 heterocycles. The molecule has 5 aromatic rings. The summed E-state index contributed by atoms with van der Waals surface area (Å²) in [7, 11) is 1.57. The van der Waals surface area contributed by atoms with Gasteiger partial charge in [0.1, 0.15) is 5.75 Å². The largest absolute Gasteiger partial charge is 0.495 e. The van der Waals surface area contributed by atoms with E-state index in [0.717, 1.165) is 16.8 Å². The van der Waals surface area contributed by atoms with E-state index in [1.54, 1.807) is 17.7 Å². The number of para-hydroxylation sites is 2. The quantitative estimate of drug-likeness (QED) is 0.359. The number of rotatable bonds is 6. The maximum absolute atomic E-state index is 13.5. The SMILES string of the molecule is COc1ccc(C)cc1NC(=O)CSc1nnc2n(-c3ccccc3C)c(=O)c3ccccc3n12. The summed E-state index contributed by atoms with van der Waals surface area (Å²) >= 11 is 1.25. The van der Waals surface area contributed by atoms with Gasteiger partial charge in [0.2, 0.25) is 11.7 Å². The molecule has 1 N–H and O–H groups in total. The monoisotopic (exact) mass is 485 g/mol. The minimum absolute atomic E-state index is 0.107. The third-order valence-corrected chi connectivity index (χ3v) is 6.64. The van der Waals surface area contributed by atoms with Crippen molar-refractivity contribution in [2.24, 2.45) is 0 Å². The van der Waals surface area contributed by atoms with Crippen LogP contribution in [0.25, 0.3) is 22.4 Å². The van der Waals surface area contributed by atoms with Crippen LogP contribution >= 0.6 is 11.8 Å². The second kappa shape index (κ2) is 9.27. The topological polar surface area (TPSA) is 90.5 Å². The van der Waals surface area contributed by atoms with Crippen molar-refractivity contribution in [1.29, 1.82) is 0 Å². The molecule has 0 fully saturated rings. The van der Waals surface area contributed by atoms with Crippen molar-refractivity contribution in [3.8, 4) is 11.4 Å². The van der Waals surface area contributed by atoms with Gasteiger partial charge in [-0.25, -0.2) is 4.57 Å². The smallest absolute Gasteiger partial charge is 0.267 e. The van der Waals surface area contributed by atoms with Crippen LogP contribution in [-0.2, 0) is 4.79 Å². The van der Waals surface area contributed by atoms with Crippen molar-refractivity contribution >= 4 is 40.0 Å². The zero-order chi connectivity index (χ0) is 24.5. The molecule has 3 aromatic carbocycles. The van der Waals surface area contributed by atoms with Crippen LogP contribution in [0.3, 0.4) is 0 Å². The number of nitrogens with one attached hydrogen (secondary N) is 1. The fourth-order valence-electron chi connectivity index (χ4n) is 4.04. The number of hydrogen-bond donors (Lipinski definition) is 1. The number of carbonyl (C=O) groups excluding carboxylic acids is 1. The van der Waals surface area contributed by atoms with Crippen molar-refractivity contribution in [3.05, 3.63) is 88.2 Å². The molecule has 0 aliphatic carbocycles. The Kier molecular flexibility index (Phi) is 6.00. The third-order valence-electron chi connectivity index (χ3n) is 5.71. The number of carbonyl (C=O) groups is 1. The summed E-state index contributed by atoms with van der Waals surface area (Å²) in [5.74, 6) is 0.893. The molecular formula is C26H23N5O3S. The Hall–Kier alpha value is -4.11. The van der Waals surface area contributed by atoms with E-state index in [0.29, 0.717) is 33.3 Å². The summed E-state index contributed by atoms with van der Waals surface area (Å²) in [4.78, 5) is 26.2. The highest BCUT2D eigenvalue weighted by Gasteiger charge is 2.19. The van der Waals surface area contributed by atoms with Crippen LogP contribution in [0, 0.1) is 13.8 Å². The first kappa shape index (κ1) is 22.7. The van der Waals surface area contributed by atoms with Crippen LogP contribution < -0.4 is 15.6 Å². The molecule has 1 amide bonds. The lowest BCUT2D eigenvalue weighted by Crippen LogP contribution is -2.22. The zero-order valence-electron chi connectivity index (χ0n) is 19.5. The molecule has 0 radical (unpaired) electrons. The van der Waals surface area contributed by atoms with Crippen LogP contribution in [0.1, 0.15) is 11.1 Å². The molecule has 0 unspecified atom stereocenters. The summed E-state index contributed by atoms with van der Waals surface area (Å²) < 4.78 is 8.76. The maximum Gasteiger partial charge on any atom is 0.267 e. The van der Waals surface area contributed by atoms with E-state index in [4.69, 9.17) is 4.74 Å². The fraction of sp³-hybridized carbons (Fsp3) is 0.154. The molecule has 176 valence electrons. The molecule has 5 rings (SSSR count). The zero-order valence-corrected chi connectivity index (χ0v) is 20.3. The summed E-state index contributed by atoms with van der Waals surface area (Å²) in [5.41, 5.74) is 3.82. The molecule has 0 spiro atoms. The highest BCUT2D eigenvalue weighted by atomic mass is 32.2. The average molecular weight is 486 g/mol. The van der Waals surface area contributed by atoms with Crippen molar-refractivity contribution < 1.29 is 9.53 Å². The van der Waals surface area contributed by atoms with Gasteiger partial charge in [-0.15, -0.1) is 10.2 Å². The van der Waals surface area contributed by atoms with E-state index < -0.39 is 0 Å². The van der Waals surface area contributed by atoms with E-state index in [9.17, 15) is 9.59 Å². The van der Waals surface area contributed by atoms with Crippen molar-refractivity contribution in [1.82, 2.24) is 19.2 Å². The number of amides is 1. The van der Waals surface area contributed by atoms with E-state index in [1.807, 2.05) is 78.9 Å². The van der Waals surface area contributed by atoms with Gasteiger partial charge in [0.25, 0.3) is 5.56 Å². The molecule has 0 aliphatic rings. The van der Waals surface area contributed by atoms with Gasteiger partial charge >= 0.3 is 0 Å². The lowest BCUT2D eigenvalue weighted by atomic mass is 10.2. The van der Waals surface area contributed by atoms with Crippen LogP contribution in [0.15, 0.2) is 76.7 Å². The van der Waals surface area contributed by atoms with Gasteiger partial charge in [0.05, 0.1) is 35.1 Å². The lowest BCUT2D eigenvalue weighted by Gasteiger charge is -2.13. The number of anilines is 1. The Morgan fingerprint density at radius 2 is 1.80 bits per heavy atom. The van der Waals surface area contributed by atoms with E-state index in [-0.39, 0.29) is 17.2 Å². The molecular weight excluding hydrogens is 462 g/mol. The molecule has 2 aromatic heterocycles. The van der Waals surface area contributed by atoms with Gasteiger partial charge in [0.15, 0.2) is 5.16 Å². The van der Waals surface area contributed by atoms with E-state index in [2.05, 4.69) is 15.5 Å². The minimum atomic E-state index is -0.202. The van der Waals surface area contributed by atoms with Gasteiger partial charge in [0, 0.05) is 0 Å². The van der Waals surface area contributed by atoms with Crippen molar-refractivity contribution in [2.45, 2.75) is 19.0 Å². The predicted molar refractivity (Wildman–Crippen MR) is 138 cm³/mol. The Morgan fingerprint density at radius 1 is 1.03 bits per heavy atom. The van der Waals surface area contributed by atoms with Crippen LogP contribution in [-0.4, -0.2) is 37.9 Å². The average Bonchev–Trinajstić information content (AvgIpc) is 3.28. The summed E-state index contributed by atoms with van der Waals surface area (Å²) in [6, 6.07) is 20.6. The fourth-order valence-corrected chi connectivity index (χ4v) is 4.78. The van der Waals surface area contributed by atoms with Crippen molar-refractivity contribution in [2.75, 3.05) is 18.2 Å². The minimum Gasteiger partial charge on any atom is -0.495 e. The second-order valence-electron chi connectivity index (χ2n) is 8.10.